The molecule has 1 N–H and O–H groups in total. The number of piperidine rings is 1. The zero-order valence-corrected chi connectivity index (χ0v) is 21.5. The standard InChI is InChI=1S/C28H41N5O2/c1-20(7-6-10-21-8-4-3-5-9-21)32-15-17-33(18-16-32)22-11-12-23-25(19-22)31(2)30-27(23)24-13-14-26(34)29-28(24)35/h11-12,19-21,24H,3-10,13-18H2,1-2H3,(H,29,34,35)/t20-,24?/m0/s1. The number of benzene rings is 1. The second kappa shape index (κ2) is 10.7. The highest BCUT2D eigenvalue weighted by Gasteiger charge is 2.32. The fraction of sp³-hybridized carbons (Fsp3) is 0.679. The van der Waals surface area contributed by atoms with Gasteiger partial charge in [0.1, 0.15) is 0 Å². The van der Waals surface area contributed by atoms with Crippen molar-refractivity contribution in [2.75, 3.05) is 31.1 Å². The lowest BCUT2D eigenvalue weighted by molar-refractivity contribution is -0.134. The highest BCUT2D eigenvalue weighted by Crippen LogP contribution is 2.33. The van der Waals surface area contributed by atoms with Gasteiger partial charge in [-0.1, -0.05) is 44.9 Å². The molecule has 35 heavy (non-hydrogen) atoms. The van der Waals surface area contributed by atoms with Crippen LogP contribution in [0.4, 0.5) is 5.69 Å². The average molecular weight is 480 g/mol. The van der Waals surface area contributed by atoms with E-state index in [-0.39, 0.29) is 17.7 Å². The summed E-state index contributed by atoms with van der Waals surface area (Å²) in [6.07, 6.45) is 12.3. The largest absolute Gasteiger partial charge is 0.369 e. The Labute approximate surface area is 209 Å². The van der Waals surface area contributed by atoms with Crippen LogP contribution in [0, 0.1) is 5.92 Å². The van der Waals surface area contributed by atoms with E-state index in [4.69, 9.17) is 5.10 Å². The lowest BCUT2D eigenvalue weighted by atomic mass is 9.85. The average Bonchev–Trinajstić information content (AvgIpc) is 3.20. The molecule has 3 aliphatic rings. The second-order valence-corrected chi connectivity index (χ2v) is 11.0. The van der Waals surface area contributed by atoms with Crippen molar-refractivity contribution in [2.24, 2.45) is 13.0 Å². The smallest absolute Gasteiger partial charge is 0.235 e. The fourth-order valence-corrected chi connectivity index (χ4v) is 6.46. The number of nitrogens with zero attached hydrogens (tertiary/aromatic N) is 4. The van der Waals surface area contributed by atoms with Gasteiger partial charge in [0.05, 0.1) is 17.1 Å². The molecule has 2 atom stereocenters. The number of amides is 2. The van der Waals surface area contributed by atoms with Crippen molar-refractivity contribution in [3.05, 3.63) is 23.9 Å². The Kier molecular flexibility index (Phi) is 7.42. The quantitative estimate of drug-likeness (QED) is 0.598. The van der Waals surface area contributed by atoms with E-state index in [0.29, 0.717) is 18.9 Å². The number of piperazine rings is 1. The van der Waals surface area contributed by atoms with Gasteiger partial charge in [-0.15, -0.1) is 0 Å². The summed E-state index contributed by atoms with van der Waals surface area (Å²) >= 11 is 0. The summed E-state index contributed by atoms with van der Waals surface area (Å²) in [6.45, 7) is 6.70. The van der Waals surface area contributed by atoms with Gasteiger partial charge in [0.25, 0.3) is 0 Å². The van der Waals surface area contributed by atoms with Crippen LogP contribution in [0.15, 0.2) is 18.2 Å². The van der Waals surface area contributed by atoms with Crippen molar-refractivity contribution in [1.82, 2.24) is 20.0 Å². The molecule has 7 nitrogen and oxygen atoms in total. The molecule has 2 aliphatic heterocycles. The highest BCUT2D eigenvalue weighted by molar-refractivity contribution is 6.02. The molecule has 1 aromatic carbocycles. The fourth-order valence-electron chi connectivity index (χ4n) is 6.46. The van der Waals surface area contributed by atoms with Crippen LogP contribution in [0.3, 0.4) is 0 Å². The molecule has 3 fully saturated rings. The van der Waals surface area contributed by atoms with E-state index in [0.717, 1.165) is 48.7 Å². The van der Waals surface area contributed by atoms with Crippen LogP contribution in [0.1, 0.15) is 82.7 Å². The molecule has 0 bridgehead atoms. The van der Waals surface area contributed by atoms with Crippen LogP contribution in [0.5, 0.6) is 0 Å². The summed E-state index contributed by atoms with van der Waals surface area (Å²) in [5, 5.41) is 8.17. The monoisotopic (exact) mass is 479 g/mol. The lowest BCUT2D eigenvalue weighted by Crippen LogP contribution is -2.49. The Morgan fingerprint density at radius 3 is 2.57 bits per heavy atom. The van der Waals surface area contributed by atoms with Crippen molar-refractivity contribution in [1.29, 1.82) is 0 Å². The van der Waals surface area contributed by atoms with Gasteiger partial charge in [0.15, 0.2) is 0 Å². The molecule has 190 valence electrons. The molecule has 2 amide bonds. The minimum Gasteiger partial charge on any atom is -0.369 e. The van der Waals surface area contributed by atoms with Crippen LogP contribution in [-0.2, 0) is 16.6 Å². The van der Waals surface area contributed by atoms with E-state index in [1.807, 2.05) is 11.7 Å². The van der Waals surface area contributed by atoms with Crippen LogP contribution in [-0.4, -0.2) is 58.7 Å². The number of nitrogens with one attached hydrogen (secondary N) is 1. The number of rotatable bonds is 7. The number of aromatic nitrogens is 2. The number of carbonyl (C=O) groups excluding carboxylic acids is 2. The molecule has 1 saturated carbocycles. The molecule has 2 aromatic rings. The molecule has 7 heteroatoms. The predicted octanol–water partition coefficient (Wildman–Crippen LogP) is 4.35. The maximum absolute atomic E-state index is 12.4. The number of imide groups is 1. The Bertz CT molecular complexity index is 1050. The lowest BCUT2D eigenvalue weighted by Gasteiger charge is -2.39. The molecular weight excluding hydrogens is 438 g/mol. The number of anilines is 1. The molecule has 0 spiro atoms. The Balaban J connectivity index is 1.17. The van der Waals surface area contributed by atoms with Gasteiger partial charge >= 0.3 is 0 Å². The highest BCUT2D eigenvalue weighted by atomic mass is 16.2. The summed E-state index contributed by atoms with van der Waals surface area (Å²) in [6, 6.07) is 7.15. The molecule has 2 saturated heterocycles. The molecule has 1 unspecified atom stereocenters. The van der Waals surface area contributed by atoms with Crippen molar-refractivity contribution in [3.63, 3.8) is 0 Å². The molecular formula is C28H41N5O2. The van der Waals surface area contributed by atoms with Crippen molar-refractivity contribution in [3.8, 4) is 0 Å². The van der Waals surface area contributed by atoms with Gasteiger partial charge in [0, 0.05) is 56.8 Å². The first-order chi connectivity index (χ1) is 17.0. The number of carbonyl (C=O) groups is 2. The van der Waals surface area contributed by atoms with Crippen molar-refractivity contribution in [2.45, 2.75) is 83.1 Å². The van der Waals surface area contributed by atoms with E-state index in [9.17, 15) is 9.59 Å². The SMILES string of the molecule is C[C@@H](CCCC1CCCCC1)N1CCN(c2ccc3c(C4CCC(=O)NC4=O)nn(C)c3c2)CC1. The Morgan fingerprint density at radius 2 is 1.83 bits per heavy atom. The van der Waals surface area contributed by atoms with E-state index < -0.39 is 0 Å². The number of hydrogen-bond donors (Lipinski definition) is 1. The topological polar surface area (TPSA) is 70.5 Å². The zero-order chi connectivity index (χ0) is 24.4. The van der Waals surface area contributed by atoms with Gasteiger partial charge in [-0.3, -0.25) is 24.5 Å². The summed E-state index contributed by atoms with van der Waals surface area (Å²) in [5.74, 6) is 0.219. The first-order valence-corrected chi connectivity index (χ1v) is 13.8. The first-order valence-electron chi connectivity index (χ1n) is 13.8. The second-order valence-electron chi connectivity index (χ2n) is 11.0. The van der Waals surface area contributed by atoms with E-state index in [2.05, 4.69) is 40.2 Å². The minimum absolute atomic E-state index is 0.188. The molecule has 1 aliphatic carbocycles. The maximum Gasteiger partial charge on any atom is 0.235 e. The Hall–Kier alpha value is -2.41. The third-order valence-corrected chi connectivity index (χ3v) is 8.69. The molecule has 3 heterocycles. The Morgan fingerprint density at radius 1 is 1.06 bits per heavy atom. The third kappa shape index (κ3) is 5.40. The molecule has 5 rings (SSSR count). The maximum atomic E-state index is 12.4. The number of fused-ring (bicyclic) bond motifs is 1. The predicted molar refractivity (Wildman–Crippen MR) is 140 cm³/mol. The van der Waals surface area contributed by atoms with E-state index >= 15 is 0 Å². The molecule has 0 radical (unpaired) electrons. The van der Waals surface area contributed by atoms with E-state index in [1.54, 1.807) is 0 Å². The first kappa shape index (κ1) is 24.3. The van der Waals surface area contributed by atoms with Gasteiger partial charge in [-0.25, -0.2) is 0 Å². The summed E-state index contributed by atoms with van der Waals surface area (Å²) < 4.78 is 1.88. The summed E-state index contributed by atoms with van der Waals surface area (Å²) in [5.41, 5.74) is 3.05. The van der Waals surface area contributed by atoms with Gasteiger partial charge in [-0.2, -0.15) is 5.10 Å². The van der Waals surface area contributed by atoms with Crippen LogP contribution >= 0.6 is 0 Å². The van der Waals surface area contributed by atoms with E-state index in [1.165, 1.54) is 57.1 Å². The number of hydrogen-bond acceptors (Lipinski definition) is 5. The number of aryl methyl sites for hydroxylation is 1. The van der Waals surface area contributed by atoms with Crippen LogP contribution < -0.4 is 10.2 Å². The van der Waals surface area contributed by atoms with Crippen LogP contribution in [0.25, 0.3) is 10.9 Å². The molecule has 1 aromatic heterocycles. The summed E-state index contributed by atoms with van der Waals surface area (Å²) in [7, 11) is 1.94. The van der Waals surface area contributed by atoms with Gasteiger partial charge in [0.2, 0.25) is 11.8 Å². The third-order valence-electron chi connectivity index (χ3n) is 8.69. The normalized spacial score (nSPS) is 23.6. The van der Waals surface area contributed by atoms with Crippen molar-refractivity contribution < 1.29 is 9.59 Å². The van der Waals surface area contributed by atoms with Gasteiger partial charge < -0.3 is 4.90 Å². The van der Waals surface area contributed by atoms with Gasteiger partial charge in [-0.05, 0) is 43.9 Å². The van der Waals surface area contributed by atoms with Crippen LogP contribution in [0.2, 0.25) is 0 Å². The summed E-state index contributed by atoms with van der Waals surface area (Å²) in [4.78, 5) is 29.1. The van der Waals surface area contributed by atoms with Crippen molar-refractivity contribution >= 4 is 28.4 Å². The zero-order valence-electron chi connectivity index (χ0n) is 21.5. The minimum atomic E-state index is -0.356.